The van der Waals surface area contributed by atoms with Gasteiger partial charge < -0.3 is 4.98 Å². The van der Waals surface area contributed by atoms with E-state index in [1.165, 1.54) is 0 Å². The minimum absolute atomic E-state index is 0.0898. The Bertz CT molecular complexity index is 717. The van der Waals surface area contributed by atoms with Gasteiger partial charge in [-0.2, -0.15) is 0 Å². The zero-order chi connectivity index (χ0) is 15.1. The molecule has 0 atom stereocenters. The van der Waals surface area contributed by atoms with Gasteiger partial charge in [0.25, 0.3) is 5.56 Å². The van der Waals surface area contributed by atoms with E-state index < -0.39 is 0 Å². The number of benzene rings is 1. The highest BCUT2D eigenvalue weighted by Gasteiger charge is 2.22. The number of halogens is 2. The standard InChI is InChI=1S/C15H16BrIN2O/c1-8-5-6-9(10(16)7-8)13-18-12(15(2,3)4)11(17)14(20)19-13/h5-7H,1-4H3,(H,18,19,20). The number of aromatic amines is 1. The van der Waals surface area contributed by atoms with Crippen LogP contribution in [-0.4, -0.2) is 9.97 Å². The predicted octanol–water partition coefficient (Wildman–Crippen LogP) is 4.41. The molecule has 1 aromatic carbocycles. The van der Waals surface area contributed by atoms with Crippen molar-refractivity contribution in [3.63, 3.8) is 0 Å². The Kier molecular flexibility index (Phi) is 4.39. The van der Waals surface area contributed by atoms with Crippen molar-refractivity contribution in [2.45, 2.75) is 33.1 Å². The Labute approximate surface area is 140 Å². The van der Waals surface area contributed by atoms with E-state index in [4.69, 9.17) is 0 Å². The molecule has 1 aromatic heterocycles. The molecule has 1 heterocycles. The van der Waals surface area contributed by atoms with Gasteiger partial charge in [0, 0.05) is 15.5 Å². The lowest BCUT2D eigenvalue weighted by atomic mass is 9.92. The number of nitrogens with one attached hydrogen (secondary N) is 1. The molecular weight excluding hydrogens is 431 g/mol. The average Bonchev–Trinajstić information content (AvgIpc) is 2.31. The van der Waals surface area contributed by atoms with Crippen LogP contribution in [0.1, 0.15) is 32.0 Å². The molecule has 3 nitrogen and oxygen atoms in total. The van der Waals surface area contributed by atoms with Crippen molar-refractivity contribution in [1.82, 2.24) is 9.97 Å². The molecule has 0 aliphatic carbocycles. The van der Waals surface area contributed by atoms with E-state index >= 15 is 0 Å². The largest absolute Gasteiger partial charge is 0.306 e. The fourth-order valence-electron chi connectivity index (χ4n) is 1.90. The number of aromatic nitrogens is 2. The first-order valence-corrected chi connectivity index (χ1v) is 8.14. The lowest BCUT2D eigenvalue weighted by Crippen LogP contribution is -2.24. The summed E-state index contributed by atoms with van der Waals surface area (Å²) < 4.78 is 1.59. The van der Waals surface area contributed by atoms with Crippen molar-refractivity contribution in [1.29, 1.82) is 0 Å². The summed E-state index contributed by atoms with van der Waals surface area (Å²) in [5.41, 5.74) is 2.62. The van der Waals surface area contributed by atoms with E-state index in [1.807, 2.05) is 25.1 Å². The van der Waals surface area contributed by atoms with Gasteiger partial charge in [-0.3, -0.25) is 4.79 Å². The van der Waals surface area contributed by atoms with E-state index in [-0.39, 0.29) is 11.0 Å². The highest BCUT2D eigenvalue weighted by atomic mass is 127. The molecule has 0 bridgehead atoms. The fraction of sp³-hybridized carbons (Fsp3) is 0.333. The molecule has 0 saturated carbocycles. The van der Waals surface area contributed by atoms with Crippen LogP contribution < -0.4 is 5.56 Å². The Morgan fingerprint density at radius 1 is 1.30 bits per heavy atom. The van der Waals surface area contributed by atoms with Gasteiger partial charge in [0.15, 0.2) is 0 Å². The summed E-state index contributed by atoms with van der Waals surface area (Å²) in [6.07, 6.45) is 0. The van der Waals surface area contributed by atoms with Crippen molar-refractivity contribution < 1.29 is 0 Å². The highest BCUT2D eigenvalue weighted by molar-refractivity contribution is 14.1. The van der Waals surface area contributed by atoms with Gasteiger partial charge in [0.1, 0.15) is 9.39 Å². The Hall–Kier alpha value is -0.690. The third-order valence-corrected chi connectivity index (χ3v) is 4.61. The number of hydrogen-bond acceptors (Lipinski definition) is 2. The zero-order valence-electron chi connectivity index (χ0n) is 11.8. The van der Waals surface area contributed by atoms with Crippen LogP contribution in [0.5, 0.6) is 0 Å². The minimum Gasteiger partial charge on any atom is -0.306 e. The van der Waals surface area contributed by atoms with E-state index in [0.29, 0.717) is 9.39 Å². The van der Waals surface area contributed by atoms with Gasteiger partial charge in [-0.05, 0) is 47.2 Å². The maximum absolute atomic E-state index is 12.1. The van der Waals surface area contributed by atoms with Gasteiger partial charge in [-0.15, -0.1) is 0 Å². The van der Waals surface area contributed by atoms with Gasteiger partial charge in [-0.25, -0.2) is 4.98 Å². The van der Waals surface area contributed by atoms with Crippen molar-refractivity contribution in [3.8, 4) is 11.4 Å². The molecule has 2 rings (SSSR count). The molecule has 1 N–H and O–H groups in total. The molecule has 0 aliphatic rings. The van der Waals surface area contributed by atoms with Crippen LogP contribution >= 0.6 is 38.5 Å². The molecular formula is C15H16BrIN2O. The van der Waals surface area contributed by atoms with Crippen molar-refractivity contribution in [2.24, 2.45) is 0 Å². The summed E-state index contributed by atoms with van der Waals surface area (Å²) in [6.45, 7) is 8.21. The molecule has 106 valence electrons. The zero-order valence-corrected chi connectivity index (χ0v) is 15.6. The molecule has 0 spiro atoms. The molecule has 0 aliphatic heterocycles. The van der Waals surface area contributed by atoms with Crippen molar-refractivity contribution >= 4 is 38.5 Å². The summed E-state index contributed by atoms with van der Waals surface area (Å²) >= 11 is 5.60. The van der Waals surface area contributed by atoms with E-state index in [0.717, 1.165) is 21.3 Å². The normalized spacial score (nSPS) is 11.7. The molecule has 0 saturated heterocycles. The van der Waals surface area contributed by atoms with Crippen LogP contribution in [-0.2, 0) is 5.41 Å². The Morgan fingerprint density at radius 2 is 1.95 bits per heavy atom. The number of hydrogen-bond donors (Lipinski definition) is 1. The molecule has 5 heteroatoms. The maximum atomic E-state index is 12.1. The summed E-state index contributed by atoms with van der Waals surface area (Å²) in [7, 11) is 0. The van der Waals surface area contributed by atoms with E-state index in [9.17, 15) is 4.79 Å². The maximum Gasteiger partial charge on any atom is 0.264 e. The van der Waals surface area contributed by atoms with Crippen LogP contribution in [0.15, 0.2) is 27.5 Å². The third-order valence-electron chi connectivity index (χ3n) is 2.95. The lowest BCUT2D eigenvalue weighted by Gasteiger charge is -2.20. The summed E-state index contributed by atoms with van der Waals surface area (Å²) in [5, 5.41) is 0. The van der Waals surface area contributed by atoms with Crippen LogP contribution in [0.2, 0.25) is 0 Å². The highest BCUT2D eigenvalue weighted by Crippen LogP contribution is 2.29. The van der Waals surface area contributed by atoms with Crippen LogP contribution in [0.4, 0.5) is 0 Å². The second kappa shape index (κ2) is 5.60. The molecule has 20 heavy (non-hydrogen) atoms. The van der Waals surface area contributed by atoms with E-state index in [2.05, 4.69) is 69.3 Å². The summed E-state index contributed by atoms with van der Waals surface area (Å²) in [4.78, 5) is 19.7. The van der Waals surface area contributed by atoms with Gasteiger partial charge in [0.05, 0.1) is 5.69 Å². The van der Waals surface area contributed by atoms with Gasteiger partial charge in [0.2, 0.25) is 0 Å². The molecule has 0 fully saturated rings. The van der Waals surface area contributed by atoms with Crippen LogP contribution in [0.25, 0.3) is 11.4 Å². The average molecular weight is 447 g/mol. The number of aryl methyl sites for hydroxylation is 1. The Morgan fingerprint density at radius 3 is 2.50 bits per heavy atom. The number of rotatable bonds is 1. The predicted molar refractivity (Wildman–Crippen MR) is 94.1 cm³/mol. The second-order valence-electron chi connectivity index (χ2n) is 5.81. The van der Waals surface area contributed by atoms with E-state index in [1.54, 1.807) is 0 Å². The molecule has 2 aromatic rings. The molecule has 0 unspecified atom stereocenters. The minimum atomic E-state index is -0.170. The monoisotopic (exact) mass is 446 g/mol. The van der Waals surface area contributed by atoms with Crippen LogP contribution in [0.3, 0.4) is 0 Å². The van der Waals surface area contributed by atoms with Crippen LogP contribution in [0, 0.1) is 10.5 Å². The first-order valence-electron chi connectivity index (χ1n) is 6.27. The topological polar surface area (TPSA) is 45.8 Å². The van der Waals surface area contributed by atoms with Crippen molar-refractivity contribution in [2.75, 3.05) is 0 Å². The second-order valence-corrected chi connectivity index (χ2v) is 7.74. The Balaban J connectivity index is 2.70. The number of H-pyrrole nitrogens is 1. The third kappa shape index (κ3) is 3.14. The summed E-state index contributed by atoms with van der Waals surface area (Å²) in [5.74, 6) is 0.604. The quantitative estimate of drug-likeness (QED) is 0.659. The molecule has 0 amide bonds. The fourth-order valence-corrected chi connectivity index (χ4v) is 3.64. The van der Waals surface area contributed by atoms with Crippen molar-refractivity contribution in [3.05, 3.63) is 47.9 Å². The number of nitrogens with zero attached hydrogens (tertiary/aromatic N) is 1. The smallest absolute Gasteiger partial charge is 0.264 e. The lowest BCUT2D eigenvalue weighted by molar-refractivity contribution is 0.562. The summed E-state index contributed by atoms with van der Waals surface area (Å²) in [6, 6.07) is 6.00. The van der Waals surface area contributed by atoms with Gasteiger partial charge >= 0.3 is 0 Å². The van der Waals surface area contributed by atoms with Gasteiger partial charge in [-0.1, -0.05) is 42.8 Å². The molecule has 0 radical (unpaired) electrons. The first kappa shape index (κ1) is 15.7. The first-order chi connectivity index (χ1) is 9.20. The SMILES string of the molecule is Cc1ccc(-c2nc(C(C)(C)C)c(I)c(=O)[nH]2)c(Br)c1.